The molecule has 1 aromatic rings. The molecule has 2 heterocycles. The number of hydrogen-bond donors (Lipinski definition) is 1. The predicted octanol–water partition coefficient (Wildman–Crippen LogP) is 1.71. The van der Waals surface area contributed by atoms with Crippen molar-refractivity contribution in [2.75, 3.05) is 25.4 Å². The third kappa shape index (κ3) is 4.35. The summed E-state index contributed by atoms with van der Waals surface area (Å²) in [4.78, 5) is 10.7. The normalized spacial score (nSPS) is 20.3. The van der Waals surface area contributed by atoms with E-state index < -0.39 is 14.6 Å². The Balaban J connectivity index is 2.15. The molecule has 1 aliphatic heterocycles. The van der Waals surface area contributed by atoms with Crippen LogP contribution in [0, 0.1) is 0 Å². The van der Waals surface area contributed by atoms with Crippen molar-refractivity contribution in [1.29, 1.82) is 0 Å². The summed E-state index contributed by atoms with van der Waals surface area (Å²) in [5, 5.41) is 3.69. The highest BCUT2D eigenvalue weighted by atomic mass is 35.5. The first kappa shape index (κ1) is 18.0. The van der Waals surface area contributed by atoms with Gasteiger partial charge in [-0.1, -0.05) is 17.7 Å². The third-order valence-electron chi connectivity index (χ3n) is 3.88. The Labute approximate surface area is 142 Å². The summed E-state index contributed by atoms with van der Waals surface area (Å²) in [5.41, 5.74) is 0.952. The van der Waals surface area contributed by atoms with Gasteiger partial charge >= 0.3 is 0 Å². The van der Waals surface area contributed by atoms with E-state index in [1.165, 1.54) is 0 Å². The average molecular weight is 359 g/mol. The summed E-state index contributed by atoms with van der Waals surface area (Å²) in [6, 6.07) is 3.61. The maximum Gasteiger partial charge on any atom is 0.194 e. The van der Waals surface area contributed by atoms with Crippen molar-refractivity contribution in [2.24, 2.45) is 4.99 Å². The van der Waals surface area contributed by atoms with Crippen molar-refractivity contribution in [3.05, 3.63) is 29.0 Å². The molecule has 0 atom stereocenters. The van der Waals surface area contributed by atoms with E-state index in [0.717, 1.165) is 18.1 Å². The second-order valence-electron chi connectivity index (χ2n) is 6.16. The van der Waals surface area contributed by atoms with E-state index in [4.69, 9.17) is 11.6 Å². The minimum atomic E-state index is -3.06. The van der Waals surface area contributed by atoms with Gasteiger partial charge < -0.3 is 10.2 Å². The number of halogens is 1. The molecule has 0 radical (unpaired) electrons. The van der Waals surface area contributed by atoms with Crippen LogP contribution in [0.4, 0.5) is 0 Å². The maximum atomic E-state index is 12.1. The van der Waals surface area contributed by atoms with Crippen molar-refractivity contribution in [3.63, 3.8) is 0 Å². The lowest BCUT2D eigenvalue weighted by Gasteiger charge is -2.39. The molecule has 1 fully saturated rings. The van der Waals surface area contributed by atoms with Crippen molar-refractivity contribution in [3.8, 4) is 0 Å². The first-order chi connectivity index (χ1) is 10.7. The summed E-state index contributed by atoms with van der Waals surface area (Å²) in [6.07, 6.45) is 1.69. The Morgan fingerprint density at radius 1 is 1.48 bits per heavy atom. The molecule has 0 amide bonds. The molecule has 1 N–H and O–H groups in total. The molecular formula is C15H23ClN4O2S. The van der Waals surface area contributed by atoms with Gasteiger partial charge in [0.05, 0.1) is 17.0 Å². The molecule has 1 aromatic heterocycles. The van der Waals surface area contributed by atoms with E-state index in [2.05, 4.69) is 15.3 Å². The van der Waals surface area contributed by atoms with Crippen molar-refractivity contribution in [2.45, 2.75) is 32.1 Å². The van der Waals surface area contributed by atoms with E-state index >= 15 is 0 Å². The second kappa shape index (κ2) is 7.05. The Kier molecular flexibility index (Phi) is 5.52. The lowest BCUT2D eigenvalue weighted by atomic mass is 10.2. The quantitative estimate of drug-likeness (QED) is 0.506. The van der Waals surface area contributed by atoms with Crippen LogP contribution >= 0.6 is 11.6 Å². The topological polar surface area (TPSA) is 74.7 Å². The highest BCUT2D eigenvalue weighted by Crippen LogP contribution is 2.23. The van der Waals surface area contributed by atoms with Gasteiger partial charge in [-0.05, 0) is 32.4 Å². The standard InChI is InChI=1S/C15H23ClN4O2S/c1-4-17-14(19-10-12-5-6-13(16)18-9-12)20-7-8-23(21,22)15(2,3)11-20/h5-6,9H,4,7-8,10-11H2,1-3H3,(H,17,19). The number of guanidine groups is 1. The molecule has 1 saturated heterocycles. The summed E-state index contributed by atoms with van der Waals surface area (Å²) in [5.74, 6) is 0.873. The fraction of sp³-hybridized carbons (Fsp3) is 0.600. The van der Waals surface area contributed by atoms with Crippen molar-refractivity contribution in [1.82, 2.24) is 15.2 Å². The van der Waals surface area contributed by atoms with Gasteiger partial charge in [-0.2, -0.15) is 0 Å². The number of aromatic nitrogens is 1. The molecule has 0 unspecified atom stereocenters. The number of pyridine rings is 1. The minimum Gasteiger partial charge on any atom is -0.357 e. The third-order valence-corrected chi connectivity index (χ3v) is 6.63. The van der Waals surface area contributed by atoms with E-state index in [1.807, 2.05) is 17.9 Å². The lowest BCUT2D eigenvalue weighted by molar-refractivity contribution is 0.353. The Morgan fingerprint density at radius 2 is 2.22 bits per heavy atom. The van der Waals surface area contributed by atoms with Gasteiger partial charge in [0, 0.05) is 25.8 Å². The minimum absolute atomic E-state index is 0.146. The Bertz CT molecular complexity index is 671. The van der Waals surface area contributed by atoms with Gasteiger partial charge in [-0.3, -0.25) is 0 Å². The summed E-state index contributed by atoms with van der Waals surface area (Å²) < 4.78 is 23.5. The molecule has 0 saturated carbocycles. The zero-order valence-corrected chi connectivity index (χ0v) is 15.3. The highest BCUT2D eigenvalue weighted by Gasteiger charge is 2.40. The van der Waals surface area contributed by atoms with Gasteiger partial charge in [0.15, 0.2) is 15.8 Å². The van der Waals surface area contributed by atoms with Crippen LogP contribution in [0.1, 0.15) is 26.3 Å². The van der Waals surface area contributed by atoms with Gasteiger partial charge in [0.2, 0.25) is 0 Å². The summed E-state index contributed by atoms with van der Waals surface area (Å²) >= 11 is 5.78. The average Bonchev–Trinajstić information content (AvgIpc) is 2.48. The smallest absolute Gasteiger partial charge is 0.194 e. The van der Waals surface area contributed by atoms with Crippen LogP contribution < -0.4 is 5.32 Å². The number of nitrogens with zero attached hydrogens (tertiary/aromatic N) is 3. The van der Waals surface area contributed by atoms with Crippen LogP contribution in [0.15, 0.2) is 23.3 Å². The first-order valence-electron chi connectivity index (χ1n) is 7.61. The largest absolute Gasteiger partial charge is 0.357 e. The highest BCUT2D eigenvalue weighted by molar-refractivity contribution is 7.92. The number of sulfone groups is 1. The SMILES string of the molecule is CCNC(=NCc1ccc(Cl)nc1)N1CCS(=O)(=O)C(C)(C)C1. The molecule has 0 aliphatic carbocycles. The molecule has 1 aliphatic rings. The fourth-order valence-electron chi connectivity index (χ4n) is 2.42. The predicted molar refractivity (Wildman–Crippen MR) is 93.5 cm³/mol. The van der Waals surface area contributed by atoms with Crippen LogP contribution in [0.5, 0.6) is 0 Å². The lowest BCUT2D eigenvalue weighted by Crippen LogP contribution is -2.57. The van der Waals surface area contributed by atoms with Crippen LogP contribution in [-0.2, 0) is 16.4 Å². The zero-order valence-electron chi connectivity index (χ0n) is 13.7. The Morgan fingerprint density at radius 3 is 2.78 bits per heavy atom. The van der Waals surface area contributed by atoms with E-state index in [-0.39, 0.29) is 5.75 Å². The molecule has 2 rings (SSSR count). The fourth-order valence-corrected chi connectivity index (χ4v) is 3.89. The summed E-state index contributed by atoms with van der Waals surface area (Å²) in [7, 11) is -3.06. The van der Waals surface area contributed by atoms with Gasteiger partial charge in [0.25, 0.3) is 0 Å². The van der Waals surface area contributed by atoms with Gasteiger partial charge in [-0.15, -0.1) is 0 Å². The number of aliphatic imine (C=N–C) groups is 1. The monoisotopic (exact) mass is 358 g/mol. The van der Waals surface area contributed by atoms with E-state index in [9.17, 15) is 8.42 Å². The van der Waals surface area contributed by atoms with Crippen LogP contribution in [-0.4, -0.2) is 54.4 Å². The van der Waals surface area contributed by atoms with Crippen LogP contribution in [0.25, 0.3) is 0 Å². The second-order valence-corrected chi connectivity index (χ2v) is 9.29. The Hall–Kier alpha value is -1.34. The van der Waals surface area contributed by atoms with Crippen molar-refractivity contribution < 1.29 is 8.42 Å². The van der Waals surface area contributed by atoms with Crippen LogP contribution in [0.2, 0.25) is 5.15 Å². The molecule has 6 nitrogen and oxygen atoms in total. The number of nitrogens with one attached hydrogen (secondary N) is 1. The molecule has 23 heavy (non-hydrogen) atoms. The number of rotatable bonds is 3. The van der Waals surface area contributed by atoms with E-state index in [1.54, 1.807) is 26.1 Å². The molecule has 128 valence electrons. The van der Waals surface area contributed by atoms with E-state index in [0.29, 0.717) is 24.8 Å². The molecular weight excluding hydrogens is 336 g/mol. The van der Waals surface area contributed by atoms with Gasteiger partial charge in [-0.25, -0.2) is 18.4 Å². The summed E-state index contributed by atoms with van der Waals surface area (Å²) in [6.45, 7) is 7.60. The maximum absolute atomic E-state index is 12.1. The van der Waals surface area contributed by atoms with Crippen LogP contribution in [0.3, 0.4) is 0 Å². The molecule has 0 aromatic carbocycles. The first-order valence-corrected chi connectivity index (χ1v) is 9.64. The number of hydrogen-bond acceptors (Lipinski definition) is 4. The zero-order chi connectivity index (χ0) is 17.1. The molecule has 0 bridgehead atoms. The van der Waals surface area contributed by atoms with Gasteiger partial charge in [0.1, 0.15) is 5.15 Å². The molecule has 0 spiro atoms. The van der Waals surface area contributed by atoms with Crippen molar-refractivity contribution >= 4 is 27.4 Å². The molecule has 8 heteroatoms.